The van der Waals surface area contributed by atoms with E-state index in [1.165, 1.54) is 37.4 Å². The van der Waals surface area contributed by atoms with Gasteiger partial charge in [0.1, 0.15) is 102 Å². The number of phenolic OH excluding ortho intramolecular Hbond substituents is 3. The van der Waals surface area contributed by atoms with Crippen molar-refractivity contribution in [3.63, 3.8) is 0 Å². The Morgan fingerprint density at radius 1 is 0.641 bits per heavy atom. The molecule has 117 heavy (non-hydrogen) atoms. The minimum absolute atomic E-state index is 0.0166. The van der Waals surface area contributed by atoms with E-state index in [0.29, 0.717) is 11.6 Å². The summed E-state index contributed by atoms with van der Waals surface area (Å²) in [4.78, 5) is 117. The van der Waals surface area contributed by atoms with E-state index in [4.69, 9.17) is 73.7 Å². The van der Waals surface area contributed by atoms with Crippen molar-refractivity contribution in [2.75, 3.05) is 26.9 Å². The highest BCUT2D eigenvalue weighted by Gasteiger charge is 2.49. The van der Waals surface area contributed by atoms with Crippen molar-refractivity contribution in [2.45, 2.75) is 156 Å². The molecule has 0 saturated carbocycles. The van der Waals surface area contributed by atoms with Crippen LogP contribution in [0.15, 0.2) is 127 Å². The van der Waals surface area contributed by atoms with Crippen molar-refractivity contribution < 1.29 is 123 Å². The monoisotopic (exact) mass is 1680 g/mol. The van der Waals surface area contributed by atoms with Gasteiger partial charge in [-0.15, -0.1) is 0 Å². The maximum Gasteiger partial charge on any atom is 0.330 e. The molecule has 0 unspecified atom stereocenters. The van der Waals surface area contributed by atoms with Crippen LogP contribution in [-0.2, 0) is 63.8 Å². The molecule has 2 fully saturated rings. The molecule has 20 N–H and O–H groups in total. The van der Waals surface area contributed by atoms with Gasteiger partial charge in [0.2, 0.25) is 47.1 Å². The maximum atomic E-state index is 16.1. The van der Waals surface area contributed by atoms with Gasteiger partial charge in [-0.3, -0.25) is 33.6 Å². The minimum atomic E-state index is -2.29. The second kappa shape index (κ2) is 37.0. The number of hydrogen-bond acceptors (Lipinski definition) is 26. The Kier molecular flexibility index (Phi) is 27.1. The summed E-state index contributed by atoms with van der Waals surface area (Å²) in [5.41, 5.74) is 5.88. The van der Waals surface area contributed by atoms with E-state index in [1.807, 2.05) is 50.2 Å². The van der Waals surface area contributed by atoms with E-state index in [0.717, 1.165) is 65.2 Å². The van der Waals surface area contributed by atoms with E-state index >= 15 is 14.4 Å². The molecule has 7 aromatic rings. The van der Waals surface area contributed by atoms with Gasteiger partial charge in [0.05, 0.1) is 47.9 Å². The third kappa shape index (κ3) is 19.5. The van der Waals surface area contributed by atoms with Crippen LogP contribution in [0.4, 0.5) is 0 Å². The van der Waals surface area contributed by atoms with Crippen LogP contribution >= 0.6 is 34.8 Å². The first kappa shape index (κ1) is 85.8. The number of fused-ring (bicyclic) bond motifs is 15. The number of phenols is 3. The van der Waals surface area contributed by atoms with Crippen LogP contribution in [0.3, 0.4) is 0 Å². The van der Waals surface area contributed by atoms with E-state index in [1.54, 1.807) is 19.1 Å². The van der Waals surface area contributed by atoms with Crippen LogP contribution in [-0.4, -0.2) is 205 Å². The zero-order chi connectivity index (χ0) is 84.1. The van der Waals surface area contributed by atoms with Crippen LogP contribution < -0.4 is 62.5 Å². The van der Waals surface area contributed by atoms with Gasteiger partial charge < -0.3 is 132 Å². The number of benzene rings is 7. The first-order valence-electron chi connectivity index (χ1n) is 37.1. The fraction of sp³-hybridized carbons (Fsp3) is 0.375. The van der Waals surface area contributed by atoms with Crippen molar-refractivity contribution in [1.82, 2.24) is 42.5 Å². The van der Waals surface area contributed by atoms with E-state index in [9.17, 15) is 75.0 Å². The second-order valence-corrected chi connectivity index (χ2v) is 30.3. The molecule has 7 aliphatic rings. The molecule has 7 aliphatic heterocycles. The molecule has 622 valence electrons. The lowest BCUT2D eigenvalue weighted by atomic mass is 9.89. The lowest BCUT2D eigenvalue weighted by Gasteiger charge is -2.45. The number of nitrogens with one attached hydrogen (secondary N) is 8. The molecule has 0 spiro atoms. The number of likely N-dealkylation sites (N-methyl/N-ethyl adjacent to an activating group) is 1. The molecule has 18 atom stereocenters. The number of carboxylic acids is 1. The Morgan fingerprint density at radius 2 is 1.26 bits per heavy atom. The number of primary amides is 1. The van der Waals surface area contributed by atoms with Gasteiger partial charge in [0.25, 0.3) is 0 Å². The summed E-state index contributed by atoms with van der Waals surface area (Å²) in [7, 11) is 1.48. The number of aliphatic hydroxyl groups excluding tert-OH is 6. The number of carbonyl (C=O) groups excluding carboxylic acids is 7. The number of halogens is 3. The van der Waals surface area contributed by atoms with Gasteiger partial charge in [-0.05, 0) is 132 Å². The average molecular weight is 1680 g/mol. The molecular weight excluding hydrogens is 1590 g/mol. The Bertz CT molecular complexity index is 4900. The maximum absolute atomic E-state index is 16.1. The summed E-state index contributed by atoms with van der Waals surface area (Å²) >= 11 is 20.3. The third-order valence-electron chi connectivity index (χ3n) is 20.5. The van der Waals surface area contributed by atoms with E-state index in [2.05, 4.69) is 42.5 Å². The summed E-state index contributed by atoms with van der Waals surface area (Å²) in [5.74, 6) is -15.2. The third-order valence-corrected chi connectivity index (χ3v) is 21.3. The van der Waals surface area contributed by atoms with Gasteiger partial charge in [-0.2, -0.15) is 0 Å². The Hall–Kier alpha value is -10.5. The lowest BCUT2D eigenvalue weighted by Crippen LogP contribution is -2.62. The SMILES string of the molecule is CN[C@H](CC(C)C)C(=O)N[C@H]1C(=O)N[C@@H](CC(N)=O)C(=O)N[C@H]2C(=O)N[C@H]3C(=O)N[C@H](C(=O)N[C@H](C(=O)O)c4cc(O)cc(O)c4-c4cc3ccc4O)[C@H](O)c3ccc(c(Cl)c3)Oc3cc2cc(c3OCCO[C@@H]2O[C@H](CO)[C@@H](O)[C@H](O)[C@H]2O[C@H]2C[C@H](NCc3ccc(-c4ccc(Cl)cc4)cc3)[C@@H](O)[C@H](C)O2)Oc2ccc(cc2Cl)[C@H]1O. The van der Waals surface area contributed by atoms with Crippen molar-refractivity contribution >= 4 is 82.1 Å². The molecule has 7 amide bonds. The summed E-state index contributed by atoms with van der Waals surface area (Å²) in [6.07, 6.45) is -16.5. The molecule has 7 heterocycles. The largest absolute Gasteiger partial charge is 0.508 e. The number of aliphatic carboxylic acids is 1. The fourth-order valence-electron chi connectivity index (χ4n) is 14.3. The smallest absolute Gasteiger partial charge is 0.330 e. The molecule has 7 aromatic carbocycles. The summed E-state index contributed by atoms with van der Waals surface area (Å²) in [5, 5.41) is 135. The standard InChI is InChI=1S/C80H86Cl3N9O25/c1-33(2)21-49(85-4)73(103)91-64-67(99)39-12-17-53(46(82)23-39)114-55-25-41-26-56(71(55)111-19-20-112-80-72(70(102)69(101)57(32-93)116-80)117-59-30-48(66(98)34(3)113-59)86-31-35-5-7-36(8-6-35)37-9-14-42(81)15-10-37)115-54-18-13-40(24-47(54)83)68(100)65-78(108)90-63(79(109)110)45-27-43(94)28-52(96)60(45)44-22-38(11-16-51(44)95)61(75(105)92-65)89-76(106)62(41)88-74(104)50(29-58(84)97)87-77(64)107/h5-18,22-28,33-34,48-50,57,59,61-70,72,80,85-86,93-96,98-102H,19-21,29-32H2,1-4H3,(H2,84,97)(H,87,107)(H,88,104)(H,89,106)(H,90,108)(H,91,103)(H,92,105)(H,109,110)/t34-,48-,49+,50-,57+,59-,61+,62+,63-,64+,65-,66-,67+,68+,69+,70-,72+,80+/m0/s1. The van der Waals surface area contributed by atoms with Crippen LogP contribution in [0.25, 0.3) is 22.3 Å². The van der Waals surface area contributed by atoms with Crippen LogP contribution in [0.2, 0.25) is 15.1 Å². The first-order chi connectivity index (χ1) is 55.7. The molecule has 0 radical (unpaired) electrons. The molecule has 37 heteroatoms. The van der Waals surface area contributed by atoms with Crippen molar-refractivity contribution in [3.8, 4) is 68.2 Å². The Balaban J connectivity index is 0.957. The van der Waals surface area contributed by atoms with Gasteiger partial charge in [-0.1, -0.05) is 103 Å². The Morgan fingerprint density at radius 3 is 1.87 bits per heavy atom. The van der Waals surface area contributed by atoms with Gasteiger partial charge in [0.15, 0.2) is 30.1 Å². The van der Waals surface area contributed by atoms with Crippen molar-refractivity contribution in [3.05, 3.63) is 176 Å². The number of carbonyl (C=O) groups is 8. The number of amides is 7. The van der Waals surface area contributed by atoms with Crippen LogP contribution in [0.5, 0.6) is 46.0 Å². The quantitative estimate of drug-likeness (QED) is 0.0481. The molecule has 11 bridgehead atoms. The molecule has 0 aromatic heterocycles. The summed E-state index contributed by atoms with van der Waals surface area (Å²) < 4.78 is 44.6. The lowest BCUT2D eigenvalue weighted by molar-refractivity contribution is -0.345. The molecule has 2 saturated heterocycles. The summed E-state index contributed by atoms with van der Waals surface area (Å²) in [6, 6.07) is 14.4. The highest BCUT2D eigenvalue weighted by Crippen LogP contribution is 2.49. The topological polar surface area (TPSA) is 526 Å². The number of nitrogens with two attached hydrogens (primary N) is 1. The molecular formula is C80H86Cl3N9O25. The van der Waals surface area contributed by atoms with E-state index in [-0.39, 0.29) is 57.0 Å². The van der Waals surface area contributed by atoms with Gasteiger partial charge in [0, 0.05) is 46.8 Å². The Labute approximate surface area is 682 Å². The van der Waals surface area contributed by atoms with Crippen molar-refractivity contribution in [1.29, 1.82) is 0 Å². The molecule has 34 nitrogen and oxygen atoms in total. The fourth-order valence-corrected chi connectivity index (χ4v) is 14.9. The zero-order valence-electron chi connectivity index (χ0n) is 62.9. The highest BCUT2D eigenvalue weighted by atomic mass is 35.5. The number of ether oxygens (including phenoxy) is 7. The highest BCUT2D eigenvalue weighted by molar-refractivity contribution is 6.32. The molecule has 0 aliphatic carbocycles. The van der Waals surface area contributed by atoms with Crippen LogP contribution in [0, 0.1) is 5.92 Å². The normalized spacial score (nSPS) is 26.3. The number of carboxylic acid groups (broad SMARTS) is 1. The zero-order valence-corrected chi connectivity index (χ0v) is 65.1. The summed E-state index contributed by atoms with van der Waals surface area (Å²) in [6.45, 7) is 3.56. The second-order valence-electron chi connectivity index (χ2n) is 29.1. The molecule has 14 rings (SSSR count). The number of aliphatic hydroxyl groups is 6. The predicted molar refractivity (Wildman–Crippen MR) is 415 cm³/mol. The predicted octanol–water partition coefficient (Wildman–Crippen LogP) is 3.88. The first-order valence-corrected chi connectivity index (χ1v) is 38.2. The average Bonchev–Trinajstić information content (AvgIpc) is 0.761. The minimum Gasteiger partial charge on any atom is -0.508 e. The number of hydrogen-bond donors (Lipinski definition) is 19. The van der Waals surface area contributed by atoms with Gasteiger partial charge in [-0.25, -0.2) is 4.79 Å². The van der Waals surface area contributed by atoms with E-state index < -0.39 is 240 Å². The number of aromatic hydroxyl groups is 3. The number of rotatable bonds is 20. The van der Waals surface area contributed by atoms with Gasteiger partial charge >= 0.3 is 5.97 Å². The van der Waals surface area contributed by atoms with Crippen molar-refractivity contribution in [2.24, 2.45) is 11.7 Å². The van der Waals surface area contributed by atoms with Crippen LogP contribution in [0.1, 0.15) is 104 Å².